The molecule has 0 spiro atoms. The summed E-state index contributed by atoms with van der Waals surface area (Å²) in [7, 11) is 1.29. The molecule has 2 rings (SSSR count). The van der Waals surface area contributed by atoms with Crippen molar-refractivity contribution in [3.8, 4) is 5.75 Å². The summed E-state index contributed by atoms with van der Waals surface area (Å²) >= 11 is 0. The molecule has 1 N–H and O–H groups in total. The van der Waals surface area contributed by atoms with Crippen molar-refractivity contribution in [3.05, 3.63) is 29.3 Å². The summed E-state index contributed by atoms with van der Waals surface area (Å²) in [6.45, 7) is 5.49. The molecule has 22 heavy (non-hydrogen) atoms. The first-order chi connectivity index (χ1) is 10.2. The van der Waals surface area contributed by atoms with Crippen molar-refractivity contribution < 1.29 is 24.2 Å². The molecule has 120 valence electrons. The molecule has 0 aromatic heterocycles. The lowest BCUT2D eigenvalue weighted by Crippen LogP contribution is -2.50. The minimum Gasteiger partial charge on any atom is -0.508 e. The van der Waals surface area contributed by atoms with E-state index in [4.69, 9.17) is 9.47 Å². The van der Waals surface area contributed by atoms with Crippen LogP contribution in [0.2, 0.25) is 0 Å². The van der Waals surface area contributed by atoms with Crippen molar-refractivity contribution in [1.82, 2.24) is 4.90 Å². The zero-order chi connectivity index (χ0) is 16.5. The fourth-order valence-electron chi connectivity index (χ4n) is 2.43. The Morgan fingerprint density at radius 2 is 1.95 bits per heavy atom. The number of carbonyl (C=O) groups is 2. The molecule has 1 aliphatic heterocycles. The number of esters is 1. The van der Waals surface area contributed by atoms with E-state index < -0.39 is 23.7 Å². The van der Waals surface area contributed by atoms with Crippen LogP contribution in [0.3, 0.4) is 0 Å². The first kappa shape index (κ1) is 16.1. The number of amides is 1. The van der Waals surface area contributed by atoms with Gasteiger partial charge in [0, 0.05) is 6.42 Å². The van der Waals surface area contributed by atoms with Crippen molar-refractivity contribution in [3.63, 3.8) is 0 Å². The number of fused-ring (bicyclic) bond motifs is 1. The average molecular weight is 307 g/mol. The third-order valence-corrected chi connectivity index (χ3v) is 3.42. The Morgan fingerprint density at radius 1 is 1.27 bits per heavy atom. The Labute approximate surface area is 129 Å². The second kappa shape index (κ2) is 5.87. The van der Waals surface area contributed by atoms with E-state index in [1.54, 1.807) is 39.0 Å². The van der Waals surface area contributed by atoms with Gasteiger partial charge in [-0.2, -0.15) is 0 Å². The predicted octanol–water partition coefficient (Wildman–Crippen LogP) is 2.23. The first-order valence-corrected chi connectivity index (χ1v) is 7.09. The normalized spacial score (nSPS) is 17.6. The second-order valence-corrected chi connectivity index (χ2v) is 6.30. The molecule has 1 atom stereocenters. The topological polar surface area (TPSA) is 76.1 Å². The molecule has 0 saturated carbocycles. The van der Waals surface area contributed by atoms with Gasteiger partial charge >= 0.3 is 12.1 Å². The first-order valence-electron chi connectivity index (χ1n) is 7.09. The number of ether oxygens (including phenoxy) is 2. The van der Waals surface area contributed by atoms with Crippen LogP contribution in [0.25, 0.3) is 0 Å². The molecule has 0 saturated heterocycles. The van der Waals surface area contributed by atoms with Gasteiger partial charge in [0.2, 0.25) is 0 Å². The van der Waals surface area contributed by atoms with Gasteiger partial charge in [0.05, 0.1) is 13.7 Å². The monoisotopic (exact) mass is 307 g/mol. The van der Waals surface area contributed by atoms with Crippen LogP contribution in [0.15, 0.2) is 18.2 Å². The molecule has 1 aromatic rings. The van der Waals surface area contributed by atoms with Gasteiger partial charge in [-0.25, -0.2) is 9.59 Å². The van der Waals surface area contributed by atoms with Crippen molar-refractivity contribution in [2.75, 3.05) is 7.11 Å². The lowest BCUT2D eigenvalue weighted by atomic mass is 9.94. The number of hydrogen-bond acceptors (Lipinski definition) is 5. The number of aromatic hydroxyl groups is 1. The third-order valence-electron chi connectivity index (χ3n) is 3.42. The number of rotatable bonds is 1. The van der Waals surface area contributed by atoms with E-state index in [0.29, 0.717) is 6.42 Å². The highest BCUT2D eigenvalue weighted by molar-refractivity contribution is 5.82. The molecule has 0 radical (unpaired) electrons. The fraction of sp³-hybridized carbons (Fsp3) is 0.500. The summed E-state index contributed by atoms with van der Waals surface area (Å²) in [5, 5.41) is 9.59. The number of methoxy groups -OCH3 is 1. The highest BCUT2D eigenvalue weighted by atomic mass is 16.6. The Hall–Kier alpha value is -2.24. The van der Waals surface area contributed by atoms with E-state index in [1.165, 1.54) is 12.0 Å². The SMILES string of the molecule is COC(=O)[C@@H]1Cc2ccc(O)cc2CN1C(=O)OC(C)(C)C. The second-order valence-electron chi connectivity index (χ2n) is 6.30. The van der Waals surface area contributed by atoms with Crippen molar-refractivity contribution >= 4 is 12.1 Å². The van der Waals surface area contributed by atoms with E-state index in [9.17, 15) is 14.7 Å². The largest absolute Gasteiger partial charge is 0.508 e. The van der Waals surface area contributed by atoms with Crippen LogP contribution in [0.4, 0.5) is 4.79 Å². The minimum absolute atomic E-state index is 0.124. The predicted molar refractivity (Wildman–Crippen MR) is 79.4 cm³/mol. The molecule has 1 amide bonds. The highest BCUT2D eigenvalue weighted by Gasteiger charge is 2.37. The number of carbonyl (C=O) groups excluding carboxylic acids is 2. The molecule has 0 aliphatic carbocycles. The van der Waals surface area contributed by atoms with Crippen molar-refractivity contribution in [2.24, 2.45) is 0 Å². The van der Waals surface area contributed by atoms with Gasteiger partial charge < -0.3 is 14.6 Å². The molecule has 1 aromatic carbocycles. The number of benzene rings is 1. The quantitative estimate of drug-likeness (QED) is 0.805. The van der Waals surface area contributed by atoms with E-state index in [1.807, 2.05) is 0 Å². The van der Waals surface area contributed by atoms with E-state index in [0.717, 1.165) is 11.1 Å². The number of nitrogens with zero attached hydrogens (tertiary/aromatic N) is 1. The van der Waals surface area contributed by atoms with Gasteiger partial charge in [0.25, 0.3) is 0 Å². The van der Waals surface area contributed by atoms with Gasteiger partial charge in [-0.3, -0.25) is 4.90 Å². The van der Waals surface area contributed by atoms with Crippen LogP contribution < -0.4 is 0 Å². The van der Waals surface area contributed by atoms with Crippen LogP contribution in [0, 0.1) is 0 Å². The smallest absolute Gasteiger partial charge is 0.411 e. The highest BCUT2D eigenvalue weighted by Crippen LogP contribution is 2.28. The molecule has 1 aliphatic rings. The van der Waals surface area contributed by atoms with E-state index in [-0.39, 0.29) is 12.3 Å². The molecule has 6 nitrogen and oxygen atoms in total. The molecule has 0 fully saturated rings. The summed E-state index contributed by atoms with van der Waals surface area (Å²) in [6, 6.07) is 4.20. The van der Waals surface area contributed by atoms with E-state index >= 15 is 0 Å². The summed E-state index contributed by atoms with van der Waals surface area (Å²) < 4.78 is 10.2. The maximum atomic E-state index is 12.4. The van der Waals surface area contributed by atoms with Gasteiger partial charge in [0.1, 0.15) is 17.4 Å². The van der Waals surface area contributed by atoms with E-state index in [2.05, 4.69) is 0 Å². The zero-order valence-corrected chi connectivity index (χ0v) is 13.3. The van der Waals surface area contributed by atoms with Crippen LogP contribution in [0.5, 0.6) is 5.75 Å². The Bertz CT molecular complexity index is 591. The third kappa shape index (κ3) is 3.50. The van der Waals surface area contributed by atoms with Gasteiger partial charge in [-0.05, 0) is 44.0 Å². The maximum Gasteiger partial charge on any atom is 0.411 e. The van der Waals surface area contributed by atoms with Gasteiger partial charge in [-0.1, -0.05) is 6.07 Å². The summed E-state index contributed by atoms with van der Waals surface area (Å²) in [5.41, 5.74) is 1.05. The minimum atomic E-state index is -0.725. The Balaban J connectivity index is 2.32. The lowest BCUT2D eigenvalue weighted by Gasteiger charge is -2.36. The van der Waals surface area contributed by atoms with Crippen molar-refractivity contribution in [2.45, 2.75) is 45.4 Å². The fourth-order valence-corrected chi connectivity index (χ4v) is 2.43. The summed E-state index contributed by atoms with van der Waals surface area (Å²) in [4.78, 5) is 25.7. The summed E-state index contributed by atoms with van der Waals surface area (Å²) in [6.07, 6.45) is -0.237. The van der Waals surface area contributed by atoms with Crippen LogP contribution >= 0.6 is 0 Å². The standard InChI is InChI=1S/C16H21NO5/c1-16(2,3)22-15(20)17-9-11-7-12(18)6-5-10(11)8-13(17)14(19)21-4/h5-7,13,18H,8-9H2,1-4H3/t13-/m0/s1. The zero-order valence-electron chi connectivity index (χ0n) is 13.3. The molecule has 0 unspecified atom stereocenters. The van der Waals surface area contributed by atoms with Gasteiger partial charge in [-0.15, -0.1) is 0 Å². The molecule has 6 heteroatoms. The van der Waals surface area contributed by atoms with Crippen LogP contribution in [-0.2, 0) is 27.2 Å². The van der Waals surface area contributed by atoms with Crippen molar-refractivity contribution in [1.29, 1.82) is 0 Å². The molecular formula is C16H21NO5. The molecule has 1 heterocycles. The van der Waals surface area contributed by atoms with Gasteiger partial charge in [0.15, 0.2) is 0 Å². The summed E-state index contributed by atoms with van der Waals surface area (Å²) in [5.74, 6) is -0.357. The van der Waals surface area contributed by atoms with Crippen LogP contribution in [0.1, 0.15) is 31.9 Å². The Kier molecular flexibility index (Phi) is 4.30. The lowest BCUT2D eigenvalue weighted by molar-refractivity contribution is -0.147. The Morgan fingerprint density at radius 3 is 2.55 bits per heavy atom. The average Bonchev–Trinajstić information content (AvgIpc) is 2.43. The van der Waals surface area contributed by atoms with Crippen LogP contribution in [-0.4, -0.2) is 40.8 Å². The number of phenols is 1. The molecule has 0 bridgehead atoms. The maximum absolute atomic E-state index is 12.4. The number of phenolic OH excluding ortho intramolecular Hbond substituents is 1. The molecular weight excluding hydrogens is 286 g/mol. The number of hydrogen-bond donors (Lipinski definition) is 1.